The van der Waals surface area contributed by atoms with E-state index >= 15 is 0 Å². The molecule has 2 amide bonds. The fourth-order valence-corrected chi connectivity index (χ4v) is 7.18. The van der Waals surface area contributed by atoms with Gasteiger partial charge in [0, 0.05) is 23.9 Å². The van der Waals surface area contributed by atoms with Crippen LogP contribution in [0.1, 0.15) is 72.1 Å². The fourth-order valence-electron chi connectivity index (χ4n) is 6.18. The number of hydrogen-bond acceptors (Lipinski definition) is 8. The van der Waals surface area contributed by atoms with Gasteiger partial charge in [0.1, 0.15) is 5.03 Å². The van der Waals surface area contributed by atoms with Crippen LogP contribution in [-0.4, -0.2) is 49.7 Å². The van der Waals surface area contributed by atoms with Crippen LogP contribution in [0.15, 0.2) is 120 Å². The number of carboxylic acids is 1. The number of ether oxygens (including phenoxy) is 2. The SMILES string of the molecule is O=C(O)c1cccnc1SC[C@H]1C[C@@H](c2ccc(CO)cc2)O[C@@H](c2ccc(-c3ccccc3CN3C(=O)c4ccccc4C3=O)cc2)O1. The van der Waals surface area contributed by atoms with Gasteiger partial charge in [-0.15, -0.1) is 11.8 Å². The number of benzene rings is 4. The van der Waals surface area contributed by atoms with Gasteiger partial charge in [-0.1, -0.05) is 84.9 Å². The maximum Gasteiger partial charge on any atom is 0.338 e. The second kappa shape index (κ2) is 14.2. The highest BCUT2D eigenvalue weighted by Crippen LogP contribution is 2.40. The summed E-state index contributed by atoms with van der Waals surface area (Å²) in [6.07, 6.45) is 0.829. The number of carbonyl (C=O) groups is 3. The average molecular weight is 673 g/mol. The van der Waals surface area contributed by atoms with Crippen molar-refractivity contribution in [3.05, 3.63) is 154 Å². The van der Waals surface area contributed by atoms with Crippen molar-refractivity contribution in [3.8, 4) is 11.1 Å². The number of carbonyl (C=O) groups excluding carboxylic acids is 2. The largest absolute Gasteiger partial charge is 0.478 e. The third kappa shape index (κ3) is 6.77. The van der Waals surface area contributed by atoms with Crippen molar-refractivity contribution in [2.24, 2.45) is 0 Å². The number of hydrogen-bond donors (Lipinski definition) is 2. The summed E-state index contributed by atoms with van der Waals surface area (Å²) in [6, 6.07) is 33.2. The van der Waals surface area contributed by atoms with E-state index in [0.29, 0.717) is 28.3 Å². The molecule has 0 radical (unpaired) electrons. The van der Waals surface area contributed by atoms with E-state index in [1.54, 1.807) is 36.5 Å². The number of aliphatic hydroxyl groups is 1. The molecule has 3 heterocycles. The van der Waals surface area contributed by atoms with Gasteiger partial charge >= 0.3 is 5.97 Å². The van der Waals surface area contributed by atoms with E-state index in [1.807, 2.05) is 72.8 Å². The number of carboxylic acid groups (broad SMARTS) is 1. The number of aromatic carboxylic acids is 1. The molecule has 4 aromatic carbocycles. The van der Waals surface area contributed by atoms with Crippen LogP contribution < -0.4 is 0 Å². The van der Waals surface area contributed by atoms with Crippen LogP contribution in [-0.2, 0) is 22.6 Å². The maximum absolute atomic E-state index is 13.1. The number of aliphatic hydroxyl groups excluding tert-OH is 1. The molecule has 1 fully saturated rings. The molecule has 49 heavy (non-hydrogen) atoms. The van der Waals surface area contributed by atoms with E-state index < -0.39 is 12.3 Å². The van der Waals surface area contributed by atoms with Crippen molar-refractivity contribution in [1.29, 1.82) is 0 Å². The van der Waals surface area contributed by atoms with Gasteiger partial charge in [-0.3, -0.25) is 14.5 Å². The second-order valence-electron chi connectivity index (χ2n) is 11.8. The summed E-state index contributed by atoms with van der Waals surface area (Å²) in [6.45, 7) is 0.0929. The first kappa shape index (κ1) is 32.4. The molecule has 2 N–H and O–H groups in total. The normalized spacial score (nSPS) is 18.8. The summed E-state index contributed by atoms with van der Waals surface area (Å²) in [5.74, 6) is -1.17. The quantitative estimate of drug-likeness (QED) is 0.118. The summed E-state index contributed by atoms with van der Waals surface area (Å²) in [5.41, 5.74) is 6.19. The lowest BCUT2D eigenvalue weighted by Gasteiger charge is -2.36. The number of imide groups is 1. The zero-order valence-corrected chi connectivity index (χ0v) is 27.1. The van der Waals surface area contributed by atoms with Gasteiger partial charge in [-0.25, -0.2) is 9.78 Å². The Morgan fingerprint density at radius 3 is 2.12 bits per heavy atom. The van der Waals surface area contributed by atoms with Crippen molar-refractivity contribution in [2.75, 3.05) is 5.75 Å². The van der Waals surface area contributed by atoms with E-state index in [2.05, 4.69) is 4.98 Å². The Balaban J connectivity index is 1.12. The first-order valence-corrected chi connectivity index (χ1v) is 16.8. The summed E-state index contributed by atoms with van der Waals surface area (Å²) in [5, 5.41) is 19.6. The highest BCUT2D eigenvalue weighted by Gasteiger charge is 2.36. The first-order chi connectivity index (χ1) is 23.9. The Bertz CT molecular complexity index is 1980. The Kier molecular flexibility index (Phi) is 9.36. The minimum Gasteiger partial charge on any atom is -0.478 e. The predicted octanol–water partition coefficient (Wildman–Crippen LogP) is 7.07. The van der Waals surface area contributed by atoms with Crippen LogP contribution in [0.5, 0.6) is 0 Å². The predicted molar refractivity (Wildman–Crippen MR) is 183 cm³/mol. The van der Waals surface area contributed by atoms with Crippen molar-refractivity contribution < 1.29 is 34.1 Å². The van der Waals surface area contributed by atoms with Gasteiger partial charge in [0.25, 0.3) is 11.8 Å². The molecule has 1 saturated heterocycles. The molecular weight excluding hydrogens is 641 g/mol. The number of nitrogens with zero attached hydrogens (tertiary/aromatic N) is 2. The summed E-state index contributed by atoms with van der Waals surface area (Å²) >= 11 is 1.34. The van der Waals surface area contributed by atoms with Gasteiger partial charge in [-0.2, -0.15) is 0 Å². The number of pyridine rings is 1. The molecule has 0 unspecified atom stereocenters. The van der Waals surface area contributed by atoms with E-state index in [-0.39, 0.29) is 42.7 Å². The van der Waals surface area contributed by atoms with Gasteiger partial charge < -0.3 is 19.7 Å². The second-order valence-corrected chi connectivity index (χ2v) is 12.9. The van der Waals surface area contributed by atoms with Crippen LogP contribution >= 0.6 is 11.8 Å². The molecule has 246 valence electrons. The Morgan fingerprint density at radius 2 is 1.45 bits per heavy atom. The molecule has 0 bridgehead atoms. The number of fused-ring (bicyclic) bond motifs is 1. The lowest BCUT2D eigenvalue weighted by Crippen LogP contribution is -2.31. The zero-order chi connectivity index (χ0) is 33.9. The molecule has 9 nitrogen and oxygen atoms in total. The van der Waals surface area contributed by atoms with Crippen LogP contribution in [0.2, 0.25) is 0 Å². The standard InChI is InChI=1S/C39H32N2O7S/c42-22-24-11-13-26(14-12-24)34-20-29(23-49-35-33(38(45)46)10-5-19-40-35)47-39(48-34)27-17-15-25(16-18-27)30-7-2-1-6-28(30)21-41-36(43)31-8-3-4-9-32(31)37(41)44/h1-19,29,34,39,42H,20-23H2,(H,45,46)/t29-,34+,39+/m1/s1. The molecule has 0 saturated carbocycles. The van der Waals surface area contributed by atoms with Crippen molar-refractivity contribution in [2.45, 2.75) is 43.1 Å². The average Bonchev–Trinajstić information content (AvgIpc) is 3.39. The third-order valence-corrected chi connectivity index (χ3v) is 9.88. The minimum absolute atomic E-state index is 0.0550. The number of rotatable bonds is 10. The summed E-state index contributed by atoms with van der Waals surface area (Å²) < 4.78 is 13.0. The molecule has 2 aliphatic heterocycles. The third-order valence-electron chi connectivity index (χ3n) is 8.74. The maximum atomic E-state index is 13.1. The van der Waals surface area contributed by atoms with Gasteiger partial charge in [0.2, 0.25) is 0 Å². The Labute approximate surface area is 287 Å². The van der Waals surface area contributed by atoms with E-state index in [1.165, 1.54) is 22.7 Å². The molecule has 5 aromatic rings. The summed E-state index contributed by atoms with van der Waals surface area (Å²) in [4.78, 5) is 43.5. The van der Waals surface area contributed by atoms with Crippen molar-refractivity contribution >= 4 is 29.5 Å². The highest BCUT2D eigenvalue weighted by atomic mass is 32.2. The van der Waals surface area contributed by atoms with Crippen LogP contribution in [0.25, 0.3) is 11.1 Å². The number of amides is 2. The highest BCUT2D eigenvalue weighted by molar-refractivity contribution is 7.99. The van der Waals surface area contributed by atoms with Crippen molar-refractivity contribution in [1.82, 2.24) is 9.88 Å². The van der Waals surface area contributed by atoms with Gasteiger partial charge in [0.15, 0.2) is 6.29 Å². The van der Waals surface area contributed by atoms with Crippen molar-refractivity contribution in [3.63, 3.8) is 0 Å². The van der Waals surface area contributed by atoms with E-state index in [0.717, 1.165) is 33.4 Å². The molecule has 1 aromatic heterocycles. The minimum atomic E-state index is -1.03. The monoisotopic (exact) mass is 672 g/mol. The Morgan fingerprint density at radius 1 is 0.796 bits per heavy atom. The number of aromatic nitrogens is 1. The smallest absolute Gasteiger partial charge is 0.338 e. The first-order valence-electron chi connectivity index (χ1n) is 15.8. The van der Waals surface area contributed by atoms with E-state index in [4.69, 9.17) is 9.47 Å². The van der Waals surface area contributed by atoms with Crippen LogP contribution in [0.3, 0.4) is 0 Å². The van der Waals surface area contributed by atoms with Gasteiger partial charge in [-0.05, 0) is 52.1 Å². The van der Waals surface area contributed by atoms with E-state index in [9.17, 15) is 24.6 Å². The number of thioether (sulfide) groups is 1. The molecule has 0 aliphatic carbocycles. The molecule has 3 atom stereocenters. The topological polar surface area (TPSA) is 126 Å². The Hall–Kier alpha value is -5.13. The van der Waals surface area contributed by atoms with Crippen LogP contribution in [0, 0.1) is 0 Å². The molecule has 7 rings (SSSR count). The summed E-state index contributed by atoms with van der Waals surface area (Å²) in [7, 11) is 0. The molecule has 2 aliphatic rings. The zero-order valence-electron chi connectivity index (χ0n) is 26.3. The van der Waals surface area contributed by atoms with Gasteiger partial charge in [0.05, 0.1) is 42.0 Å². The van der Waals surface area contributed by atoms with Crippen LogP contribution in [0.4, 0.5) is 0 Å². The lowest BCUT2D eigenvalue weighted by molar-refractivity contribution is -0.245. The molecule has 10 heteroatoms. The fraction of sp³-hybridized carbons (Fsp3) is 0.179. The molecule has 0 spiro atoms. The lowest BCUT2D eigenvalue weighted by atomic mass is 9.97. The molecular formula is C39H32N2O7S.